The zero-order valence-electron chi connectivity index (χ0n) is 7.15. The van der Waals surface area contributed by atoms with E-state index in [2.05, 4.69) is 4.98 Å². The van der Waals surface area contributed by atoms with E-state index in [0.29, 0.717) is 0 Å². The first-order chi connectivity index (χ1) is 6.97. The van der Waals surface area contributed by atoms with Crippen molar-refractivity contribution in [2.24, 2.45) is 0 Å². The molecule has 15 heavy (non-hydrogen) atoms. The summed E-state index contributed by atoms with van der Waals surface area (Å²) < 4.78 is 24.7. The van der Waals surface area contributed by atoms with Crippen molar-refractivity contribution < 1.29 is 18.8 Å². The Morgan fingerprint density at radius 2 is 2.27 bits per heavy atom. The molecule has 0 saturated carbocycles. The van der Waals surface area contributed by atoms with Crippen molar-refractivity contribution >= 4 is 17.4 Å². The van der Waals surface area contributed by atoms with Gasteiger partial charge in [-0.3, -0.25) is 0 Å². The second kappa shape index (κ2) is 4.35. The van der Waals surface area contributed by atoms with Gasteiger partial charge in [0.05, 0.1) is 11.4 Å². The fourth-order valence-electron chi connectivity index (χ4n) is 0.960. The van der Waals surface area contributed by atoms with E-state index in [1.54, 1.807) is 0 Å². The van der Waals surface area contributed by atoms with Gasteiger partial charge in [-0.2, -0.15) is 0 Å². The Morgan fingerprint density at radius 1 is 1.67 bits per heavy atom. The minimum Gasteiger partial charge on any atom is -0.501 e. The van der Waals surface area contributed by atoms with Crippen molar-refractivity contribution in [2.45, 2.75) is 12.3 Å². The number of nitro groups is 1. The van der Waals surface area contributed by atoms with E-state index in [1.165, 1.54) is 0 Å². The SMILES string of the molecule is O=[N+]([O-])c1nc(CCl)cc(C(F)F)c1O. The van der Waals surface area contributed by atoms with Crippen molar-refractivity contribution in [1.82, 2.24) is 4.98 Å². The normalized spacial score (nSPS) is 10.7. The van der Waals surface area contributed by atoms with Crippen LogP contribution in [0, 0.1) is 10.1 Å². The second-order valence-corrected chi connectivity index (χ2v) is 2.83. The molecule has 82 valence electrons. The van der Waals surface area contributed by atoms with Crippen molar-refractivity contribution in [3.05, 3.63) is 27.4 Å². The number of pyridine rings is 1. The average molecular weight is 239 g/mol. The summed E-state index contributed by atoms with van der Waals surface area (Å²) in [5.74, 6) is -2.38. The third-order valence-corrected chi connectivity index (χ3v) is 1.88. The first-order valence-corrected chi connectivity index (χ1v) is 4.22. The predicted molar refractivity (Wildman–Crippen MR) is 47.1 cm³/mol. The van der Waals surface area contributed by atoms with Crippen LogP contribution >= 0.6 is 11.6 Å². The number of hydrogen-bond acceptors (Lipinski definition) is 4. The van der Waals surface area contributed by atoms with Gasteiger partial charge < -0.3 is 15.2 Å². The van der Waals surface area contributed by atoms with E-state index < -0.39 is 28.5 Å². The number of halogens is 3. The maximum absolute atomic E-state index is 12.3. The molecule has 0 atom stereocenters. The van der Waals surface area contributed by atoms with Crippen molar-refractivity contribution in [3.8, 4) is 5.75 Å². The molecule has 0 fully saturated rings. The Labute approximate surface area is 87.5 Å². The van der Waals surface area contributed by atoms with Crippen LogP contribution in [0.5, 0.6) is 5.75 Å². The van der Waals surface area contributed by atoms with Gasteiger partial charge in [0.15, 0.2) is 5.69 Å². The highest BCUT2D eigenvalue weighted by Gasteiger charge is 2.26. The van der Waals surface area contributed by atoms with Crippen LogP contribution in [0.4, 0.5) is 14.6 Å². The number of nitrogens with zero attached hydrogens (tertiary/aromatic N) is 2. The molecule has 1 heterocycles. The molecule has 0 aliphatic carbocycles. The molecule has 0 aliphatic rings. The lowest BCUT2D eigenvalue weighted by Gasteiger charge is -2.03. The summed E-state index contributed by atoms with van der Waals surface area (Å²) in [4.78, 5) is 12.6. The third-order valence-electron chi connectivity index (χ3n) is 1.60. The molecule has 1 aromatic rings. The highest BCUT2D eigenvalue weighted by atomic mass is 35.5. The van der Waals surface area contributed by atoms with Crippen LogP contribution in [0.25, 0.3) is 0 Å². The van der Waals surface area contributed by atoms with Crippen LogP contribution < -0.4 is 0 Å². The van der Waals surface area contributed by atoms with Crippen molar-refractivity contribution in [2.75, 3.05) is 0 Å². The Hall–Kier alpha value is -1.50. The summed E-state index contributed by atoms with van der Waals surface area (Å²) >= 11 is 5.32. The first kappa shape index (κ1) is 11.6. The fraction of sp³-hybridized carbons (Fsp3) is 0.286. The van der Waals surface area contributed by atoms with Crippen LogP contribution in [0.2, 0.25) is 0 Å². The van der Waals surface area contributed by atoms with Crippen molar-refractivity contribution in [3.63, 3.8) is 0 Å². The zero-order chi connectivity index (χ0) is 11.6. The van der Waals surface area contributed by atoms with E-state index in [9.17, 15) is 18.9 Å². The maximum atomic E-state index is 12.3. The van der Waals surface area contributed by atoms with Gasteiger partial charge in [-0.25, -0.2) is 8.78 Å². The number of alkyl halides is 3. The molecule has 0 radical (unpaired) electrons. The minimum atomic E-state index is -3.02. The summed E-state index contributed by atoms with van der Waals surface area (Å²) in [5.41, 5.74) is -0.927. The van der Waals surface area contributed by atoms with Crippen LogP contribution in [-0.2, 0) is 5.88 Å². The number of rotatable bonds is 3. The third kappa shape index (κ3) is 2.30. The molecule has 0 bridgehead atoms. The summed E-state index contributed by atoms with van der Waals surface area (Å²) in [7, 11) is 0. The van der Waals surface area contributed by atoms with E-state index in [4.69, 9.17) is 16.7 Å². The molecule has 0 amide bonds. The largest absolute Gasteiger partial charge is 0.501 e. The Kier molecular flexibility index (Phi) is 3.35. The van der Waals surface area contributed by atoms with Crippen LogP contribution in [0.15, 0.2) is 6.07 Å². The molecule has 5 nitrogen and oxygen atoms in total. The van der Waals surface area contributed by atoms with Crippen molar-refractivity contribution in [1.29, 1.82) is 0 Å². The number of hydrogen-bond donors (Lipinski definition) is 1. The molecular weight excluding hydrogens is 234 g/mol. The van der Waals surface area contributed by atoms with Gasteiger partial charge in [0.2, 0.25) is 5.75 Å². The van der Waals surface area contributed by atoms with Gasteiger partial charge >= 0.3 is 5.82 Å². The maximum Gasteiger partial charge on any atom is 0.406 e. The smallest absolute Gasteiger partial charge is 0.406 e. The number of aromatic hydroxyl groups is 1. The molecule has 0 aromatic carbocycles. The molecule has 8 heteroatoms. The van der Waals surface area contributed by atoms with E-state index in [0.717, 1.165) is 6.07 Å². The van der Waals surface area contributed by atoms with Gasteiger partial charge in [-0.15, -0.1) is 11.6 Å². The molecule has 1 rings (SSSR count). The molecule has 1 N–H and O–H groups in total. The van der Waals surface area contributed by atoms with Crippen LogP contribution in [0.3, 0.4) is 0 Å². The van der Waals surface area contributed by atoms with Gasteiger partial charge in [0.25, 0.3) is 6.43 Å². The lowest BCUT2D eigenvalue weighted by molar-refractivity contribution is -0.390. The number of aromatic nitrogens is 1. The van der Waals surface area contributed by atoms with Gasteiger partial charge in [-0.05, 0) is 16.0 Å². The molecule has 0 spiro atoms. The van der Waals surface area contributed by atoms with E-state index >= 15 is 0 Å². The second-order valence-electron chi connectivity index (χ2n) is 2.57. The summed E-state index contributed by atoms with van der Waals surface area (Å²) in [6.45, 7) is 0. The Balaban J connectivity index is 3.40. The highest BCUT2D eigenvalue weighted by Crippen LogP contribution is 2.35. The molecule has 0 saturated heterocycles. The average Bonchev–Trinajstić information content (AvgIpc) is 2.17. The van der Waals surface area contributed by atoms with E-state index in [1.807, 2.05) is 0 Å². The molecular formula is C7H5ClF2N2O3. The monoisotopic (exact) mass is 238 g/mol. The lowest BCUT2D eigenvalue weighted by atomic mass is 10.2. The predicted octanol–water partition coefficient (Wildman–Crippen LogP) is 2.37. The minimum absolute atomic E-state index is 0.0866. The first-order valence-electron chi connectivity index (χ1n) is 3.68. The topological polar surface area (TPSA) is 76.3 Å². The quantitative estimate of drug-likeness (QED) is 0.498. The molecule has 0 unspecified atom stereocenters. The lowest BCUT2D eigenvalue weighted by Crippen LogP contribution is -1.99. The highest BCUT2D eigenvalue weighted by molar-refractivity contribution is 6.16. The van der Waals surface area contributed by atoms with Gasteiger partial charge in [0.1, 0.15) is 0 Å². The Bertz CT molecular complexity index is 400. The molecule has 0 aliphatic heterocycles. The Morgan fingerprint density at radius 3 is 2.67 bits per heavy atom. The summed E-state index contributed by atoms with van der Waals surface area (Å²) in [6.07, 6.45) is -3.02. The van der Waals surface area contributed by atoms with Gasteiger partial charge in [0, 0.05) is 0 Å². The molecule has 1 aromatic heterocycles. The van der Waals surface area contributed by atoms with Gasteiger partial charge in [-0.1, -0.05) is 0 Å². The summed E-state index contributed by atoms with van der Waals surface area (Å²) in [5, 5.41) is 19.5. The van der Waals surface area contributed by atoms with Crippen LogP contribution in [0.1, 0.15) is 17.7 Å². The fourth-order valence-corrected chi connectivity index (χ4v) is 1.10. The van der Waals surface area contributed by atoms with E-state index in [-0.39, 0.29) is 11.6 Å². The zero-order valence-corrected chi connectivity index (χ0v) is 7.91. The summed E-state index contributed by atoms with van der Waals surface area (Å²) in [6, 6.07) is 0.833. The van der Waals surface area contributed by atoms with Crippen LogP contribution in [-0.4, -0.2) is 15.0 Å². The standard InChI is InChI=1S/C7H5ClF2N2O3/c8-2-3-1-4(6(9)10)5(13)7(11-3)12(14)15/h1,6,13H,2H2.